The fourth-order valence-electron chi connectivity index (χ4n) is 3.12. The van der Waals surface area contributed by atoms with Gasteiger partial charge in [0.05, 0.1) is 6.10 Å². The van der Waals surface area contributed by atoms with Gasteiger partial charge in [-0.15, -0.1) is 0 Å². The largest absolute Gasteiger partial charge is 0.388 e. The number of nitrogens with zero attached hydrogens (tertiary/aromatic N) is 1. The highest BCUT2D eigenvalue weighted by molar-refractivity contribution is 5.18. The SMILES string of the molecule is CCC1CCC(C)N1CCC(O)c1cccc(F)c1. The third-order valence-electron chi connectivity index (χ3n) is 4.32. The molecular formula is C16H24FNO. The average Bonchev–Trinajstić information content (AvgIpc) is 2.76. The fraction of sp³-hybridized carbons (Fsp3) is 0.625. The number of hydrogen-bond donors (Lipinski definition) is 1. The third kappa shape index (κ3) is 3.54. The van der Waals surface area contributed by atoms with Crippen LogP contribution in [0.1, 0.15) is 51.2 Å². The predicted molar refractivity (Wildman–Crippen MR) is 75.5 cm³/mol. The molecule has 1 aromatic rings. The van der Waals surface area contributed by atoms with Gasteiger partial charge in [-0.05, 0) is 50.3 Å². The van der Waals surface area contributed by atoms with Crippen LogP contribution in [-0.2, 0) is 0 Å². The molecule has 1 aliphatic rings. The molecule has 1 aliphatic heterocycles. The Bertz CT molecular complexity index is 409. The summed E-state index contributed by atoms with van der Waals surface area (Å²) in [5.74, 6) is -0.280. The van der Waals surface area contributed by atoms with Gasteiger partial charge in [-0.1, -0.05) is 19.1 Å². The summed E-state index contributed by atoms with van der Waals surface area (Å²) in [5.41, 5.74) is 0.680. The van der Waals surface area contributed by atoms with Crippen molar-refractivity contribution in [3.63, 3.8) is 0 Å². The zero-order valence-electron chi connectivity index (χ0n) is 11.8. The van der Waals surface area contributed by atoms with Gasteiger partial charge in [0.1, 0.15) is 5.82 Å². The summed E-state index contributed by atoms with van der Waals surface area (Å²) < 4.78 is 13.1. The van der Waals surface area contributed by atoms with E-state index in [-0.39, 0.29) is 5.82 Å². The quantitative estimate of drug-likeness (QED) is 0.880. The van der Waals surface area contributed by atoms with E-state index < -0.39 is 6.10 Å². The summed E-state index contributed by atoms with van der Waals surface area (Å²) in [5, 5.41) is 10.2. The molecule has 2 nitrogen and oxygen atoms in total. The van der Waals surface area contributed by atoms with E-state index in [0.29, 0.717) is 24.1 Å². The predicted octanol–water partition coefficient (Wildman–Crippen LogP) is 3.51. The van der Waals surface area contributed by atoms with Crippen LogP contribution < -0.4 is 0 Å². The van der Waals surface area contributed by atoms with Crippen LogP contribution in [0.2, 0.25) is 0 Å². The third-order valence-corrected chi connectivity index (χ3v) is 4.32. The van der Waals surface area contributed by atoms with Gasteiger partial charge in [0, 0.05) is 18.6 Å². The Kier molecular flexibility index (Phi) is 4.94. The van der Waals surface area contributed by atoms with Crippen LogP contribution in [0.15, 0.2) is 24.3 Å². The van der Waals surface area contributed by atoms with Gasteiger partial charge in [0.25, 0.3) is 0 Å². The Labute approximate surface area is 115 Å². The lowest BCUT2D eigenvalue weighted by atomic mass is 10.1. The smallest absolute Gasteiger partial charge is 0.123 e. The highest BCUT2D eigenvalue weighted by atomic mass is 19.1. The monoisotopic (exact) mass is 265 g/mol. The minimum atomic E-state index is -0.569. The molecule has 1 N–H and O–H groups in total. The molecule has 0 amide bonds. The van der Waals surface area contributed by atoms with Crippen molar-refractivity contribution in [2.75, 3.05) is 6.54 Å². The molecule has 0 bridgehead atoms. The first-order valence-corrected chi connectivity index (χ1v) is 7.31. The number of aliphatic hydroxyl groups is 1. The second-order valence-corrected chi connectivity index (χ2v) is 5.59. The number of hydrogen-bond acceptors (Lipinski definition) is 2. The van der Waals surface area contributed by atoms with E-state index in [2.05, 4.69) is 18.7 Å². The Morgan fingerprint density at radius 1 is 1.42 bits per heavy atom. The maximum absolute atomic E-state index is 13.1. The Hall–Kier alpha value is -0.930. The molecule has 0 aliphatic carbocycles. The summed E-state index contributed by atoms with van der Waals surface area (Å²) in [6.45, 7) is 5.36. The van der Waals surface area contributed by atoms with Crippen molar-refractivity contribution in [3.8, 4) is 0 Å². The van der Waals surface area contributed by atoms with E-state index in [1.807, 2.05) is 0 Å². The van der Waals surface area contributed by atoms with Crippen molar-refractivity contribution in [1.29, 1.82) is 0 Å². The maximum atomic E-state index is 13.1. The second-order valence-electron chi connectivity index (χ2n) is 5.59. The molecule has 3 heteroatoms. The minimum absolute atomic E-state index is 0.280. The fourth-order valence-corrected chi connectivity index (χ4v) is 3.12. The van der Waals surface area contributed by atoms with E-state index in [1.54, 1.807) is 12.1 Å². The lowest BCUT2D eigenvalue weighted by Crippen LogP contribution is -2.35. The number of aliphatic hydroxyl groups excluding tert-OH is 1. The normalized spacial score (nSPS) is 25.7. The molecule has 19 heavy (non-hydrogen) atoms. The van der Waals surface area contributed by atoms with Crippen LogP contribution >= 0.6 is 0 Å². The summed E-state index contributed by atoms with van der Waals surface area (Å²) in [7, 11) is 0. The van der Waals surface area contributed by atoms with Gasteiger partial charge < -0.3 is 5.11 Å². The van der Waals surface area contributed by atoms with Crippen molar-refractivity contribution >= 4 is 0 Å². The van der Waals surface area contributed by atoms with Crippen molar-refractivity contribution in [2.24, 2.45) is 0 Å². The Morgan fingerprint density at radius 2 is 2.21 bits per heavy atom. The van der Waals surface area contributed by atoms with Gasteiger partial charge in [0.15, 0.2) is 0 Å². The lowest BCUT2D eigenvalue weighted by molar-refractivity contribution is 0.122. The number of benzene rings is 1. The van der Waals surface area contributed by atoms with E-state index in [0.717, 1.165) is 6.54 Å². The van der Waals surface area contributed by atoms with Gasteiger partial charge in [0.2, 0.25) is 0 Å². The molecule has 1 saturated heterocycles. The van der Waals surface area contributed by atoms with Gasteiger partial charge in [-0.2, -0.15) is 0 Å². The van der Waals surface area contributed by atoms with E-state index >= 15 is 0 Å². The first-order valence-electron chi connectivity index (χ1n) is 7.31. The molecule has 0 radical (unpaired) electrons. The molecule has 106 valence electrons. The van der Waals surface area contributed by atoms with Crippen molar-refractivity contribution < 1.29 is 9.50 Å². The van der Waals surface area contributed by atoms with E-state index in [9.17, 15) is 9.50 Å². The number of halogens is 1. The number of likely N-dealkylation sites (tertiary alicyclic amines) is 1. The van der Waals surface area contributed by atoms with Crippen LogP contribution in [0.3, 0.4) is 0 Å². The molecule has 0 saturated carbocycles. The van der Waals surface area contributed by atoms with Gasteiger partial charge in [-0.3, -0.25) is 4.90 Å². The summed E-state index contributed by atoms with van der Waals surface area (Å²) in [6.07, 6.45) is 3.77. The zero-order chi connectivity index (χ0) is 13.8. The molecule has 0 aromatic heterocycles. The minimum Gasteiger partial charge on any atom is -0.388 e. The molecule has 1 aromatic carbocycles. The summed E-state index contributed by atoms with van der Waals surface area (Å²) in [4.78, 5) is 2.49. The van der Waals surface area contributed by atoms with Crippen LogP contribution in [-0.4, -0.2) is 28.6 Å². The Balaban J connectivity index is 1.91. The van der Waals surface area contributed by atoms with Crippen molar-refractivity contribution in [2.45, 2.75) is 57.7 Å². The van der Waals surface area contributed by atoms with E-state index in [4.69, 9.17) is 0 Å². The molecule has 0 spiro atoms. The first kappa shape index (κ1) is 14.5. The molecule has 1 fully saturated rings. The Morgan fingerprint density at radius 3 is 2.89 bits per heavy atom. The highest BCUT2D eigenvalue weighted by Crippen LogP contribution is 2.27. The molecule has 3 atom stereocenters. The van der Waals surface area contributed by atoms with Crippen molar-refractivity contribution in [1.82, 2.24) is 4.90 Å². The summed E-state index contributed by atoms with van der Waals surface area (Å²) >= 11 is 0. The molecule has 1 heterocycles. The summed E-state index contributed by atoms with van der Waals surface area (Å²) in [6, 6.07) is 7.53. The standard InChI is InChI=1S/C16H24FNO/c1-3-15-8-7-12(2)18(15)10-9-16(19)13-5-4-6-14(17)11-13/h4-6,11-12,15-16,19H,3,7-10H2,1-2H3. The van der Waals surface area contributed by atoms with E-state index in [1.165, 1.54) is 31.4 Å². The first-order chi connectivity index (χ1) is 9.11. The van der Waals surface area contributed by atoms with Crippen LogP contribution in [0.5, 0.6) is 0 Å². The molecule has 3 unspecified atom stereocenters. The molecule has 2 rings (SSSR count). The van der Waals surface area contributed by atoms with Crippen LogP contribution in [0, 0.1) is 5.82 Å². The molecular weight excluding hydrogens is 241 g/mol. The van der Waals surface area contributed by atoms with Crippen molar-refractivity contribution in [3.05, 3.63) is 35.6 Å². The topological polar surface area (TPSA) is 23.5 Å². The van der Waals surface area contributed by atoms with Crippen LogP contribution in [0.4, 0.5) is 4.39 Å². The highest BCUT2D eigenvalue weighted by Gasteiger charge is 2.29. The maximum Gasteiger partial charge on any atom is 0.123 e. The second kappa shape index (κ2) is 6.49. The lowest BCUT2D eigenvalue weighted by Gasteiger charge is -2.28. The average molecular weight is 265 g/mol. The van der Waals surface area contributed by atoms with Crippen LogP contribution in [0.25, 0.3) is 0 Å². The number of rotatable bonds is 5. The van der Waals surface area contributed by atoms with Gasteiger partial charge >= 0.3 is 0 Å². The van der Waals surface area contributed by atoms with Gasteiger partial charge in [-0.25, -0.2) is 4.39 Å². The zero-order valence-corrected chi connectivity index (χ0v) is 11.8.